The van der Waals surface area contributed by atoms with Crippen molar-refractivity contribution in [3.05, 3.63) is 29.8 Å². The summed E-state index contributed by atoms with van der Waals surface area (Å²) < 4.78 is 4.73. The van der Waals surface area contributed by atoms with Gasteiger partial charge in [0.25, 0.3) is 0 Å². The van der Waals surface area contributed by atoms with E-state index in [1.54, 1.807) is 6.92 Å². The number of rotatable bonds is 5. The highest BCUT2D eigenvalue weighted by Gasteiger charge is 2.13. The third-order valence-electron chi connectivity index (χ3n) is 2.47. The first-order valence-electron chi connectivity index (χ1n) is 6.09. The summed E-state index contributed by atoms with van der Waals surface area (Å²) in [4.78, 5) is 22.8. The SMILES string of the molecule is CCOC(=O)CC(=O)Nc1ccccc1C(C)C. The lowest BCUT2D eigenvalue weighted by atomic mass is 10.0. The molecule has 0 saturated carbocycles. The van der Waals surface area contributed by atoms with E-state index in [-0.39, 0.29) is 18.9 Å². The number of benzene rings is 1. The summed E-state index contributed by atoms with van der Waals surface area (Å²) in [6.45, 7) is 6.10. The summed E-state index contributed by atoms with van der Waals surface area (Å²) >= 11 is 0. The predicted octanol–water partition coefficient (Wildman–Crippen LogP) is 2.70. The van der Waals surface area contributed by atoms with Gasteiger partial charge in [-0.1, -0.05) is 32.0 Å². The van der Waals surface area contributed by atoms with Crippen LogP contribution in [0.25, 0.3) is 0 Å². The van der Waals surface area contributed by atoms with Crippen LogP contribution in [0.3, 0.4) is 0 Å². The third kappa shape index (κ3) is 4.20. The van der Waals surface area contributed by atoms with E-state index in [9.17, 15) is 9.59 Å². The fraction of sp³-hybridized carbons (Fsp3) is 0.429. The third-order valence-corrected chi connectivity index (χ3v) is 2.47. The van der Waals surface area contributed by atoms with Crippen LogP contribution in [0.4, 0.5) is 5.69 Å². The largest absolute Gasteiger partial charge is 0.466 e. The summed E-state index contributed by atoms with van der Waals surface area (Å²) in [6, 6.07) is 7.57. The Morgan fingerprint density at radius 1 is 1.28 bits per heavy atom. The number of nitrogens with one attached hydrogen (secondary N) is 1. The van der Waals surface area contributed by atoms with Gasteiger partial charge in [0.2, 0.25) is 5.91 Å². The summed E-state index contributed by atoms with van der Waals surface area (Å²) in [5, 5.41) is 2.74. The molecule has 98 valence electrons. The Balaban J connectivity index is 2.67. The molecule has 1 N–H and O–H groups in total. The standard InChI is InChI=1S/C14H19NO3/c1-4-18-14(17)9-13(16)15-12-8-6-5-7-11(12)10(2)3/h5-8,10H,4,9H2,1-3H3,(H,15,16). The van der Waals surface area contributed by atoms with Gasteiger partial charge in [-0.25, -0.2) is 0 Å². The second kappa shape index (κ2) is 6.79. The molecule has 0 aliphatic heterocycles. The Bertz CT molecular complexity index is 427. The van der Waals surface area contributed by atoms with Crippen molar-refractivity contribution in [3.8, 4) is 0 Å². The molecule has 0 atom stereocenters. The van der Waals surface area contributed by atoms with Crippen LogP contribution in [0.1, 0.15) is 38.7 Å². The lowest BCUT2D eigenvalue weighted by Crippen LogP contribution is -2.19. The van der Waals surface area contributed by atoms with Gasteiger partial charge in [0.05, 0.1) is 6.61 Å². The molecule has 1 aromatic rings. The second-order valence-electron chi connectivity index (χ2n) is 4.27. The monoisotopic (exact) mass is 249 g/mol. The van der Waals surface area contributed by atoms with Crippen molar-refractivity contribution in [3.63, 3.8) is 0 Å². The quantitative estimate of drug-likeness (QED) is 0.644. The lowest BCUT2D eigenvalue weighted by Gasteiger charge is -2.13. The van der Waals surface area contributed by atoms with Crippen LogP contribution >= 0.6 is 0 Å². The van der Waals surface area contributed by atoms with Gasteiger partial charge in [-0.3, -0.25) is 9.59 Å². The highest BCUT2D eigenvalue weighted by Crippen LogP contribution is 2.23. The zero-order valence-corrected chi connectivity index (χ0v) is 11.0. The molecular weight excluding hydrogens is 230 g/mol. The van der Waals surface area contributed by atoms with Gasteiger partial charge in [-0.15, -0.1) is 0 Å². The molecule has 0 spiro atoms. The number of ether oxygens (including phenoxy) is 1. The fourth-order valence-corrected chi connectivity index (χ4v) is 1.65. The van der Waals surface area contributed by atoms with Gasteiger partial charge in [-0.2, -0.15) is 0 Å². The van der Waals surface area contributed by atoms with Crippen molar-refractivity contribution in [2.45, 2.75) is 33.1 Å². The number of hydrogen-bond acceptors (Lipinski definition) is 3. The molecule has 4 heteroatoms. The molecule has 0 bridgehead atoms. The molecule has 4 nitrogen and oxygen atoms in total. The first kappa shape index (κ1) is 14.2. The topological polar surface area (TPSA) is 55.4 Å². The number of carbonyl (C=O) groups excluding carboxylic acids is 2. The summed E-state index contributed by atoms with van der Waals surface area (Å²) in [5.74, 6) is -0.539. The maximum absolute atomic E-state index is 11.7. The Morgan fingerprint density at radius 3 is 2.56 bits per heavy atom. The van der Waals surface area contributed by atoms with Crippen LogP contribution in [0.2, 0.25) is 0 Å². The van der Waals surface area contributed by atoms with E-state index >= 15 is 0 Å². The van der Waals surface area contributed by atoms with E-state index in [1.165, 1.54) is 0 Å². The van der Waals surface area contributed by atoms with Crippen LogP contribution in [-0.2, 0) is 14.3 Å². The van der Waals surface area contributed by atoms with E-state index in [0.717, 1.165) is 11.3 Å². The van der Waals surface area contributed by atoms with Crippen molar-refractivity contribution in [1.29, 1.82) is 0 Å². The molecule has 0 unspecified atom stereocenters. The Labute approximate surface area is 107 Å². The van der Waals surface area contributed by atoms with Crippen LogP contribution in [-0.4, -0.2) is 18.5 Å². The first-order valence-corrected chi connectivity index (χ1v) is 6.09. The van der Waals surface area contributed by atoms with Crippen LogP contribution in [0, 0.1) is 0 Å². The number of anilines is 1. The average Bonchev–Trinajstić information content (AvgIpc) is 2.29. The molecule has 0 aromatic heterocycles. The number of para-hydroxylation sites is 1. The van der Waals surface area contributed by atoms with Gasteiger partial charge in [0.15, 0.2) is 0 Å². The Morgan fingerprint density at radius 2 is 1.94 bits per heavy atom. The number of esters is 1. The molecule has 0 fully saturated rings. The minimum Gasteiger partial charge on any atom is -0.466 e. The summed E-state index contributed by atoms with van der Waals surface area (Å²) in [6.07, 6.45) is -0.250. The van der Waals surface area contributed by atoms with Crippen molar-refractivity contribution in [2.75, 3.05) is 11.9 Å². The van der Waals surface area contributed by atoms with Crippen molar-refractivity contribution in [2.24, 2.45) is 0 Å². The number of amides is 1. The molecule has 0 aliphatic rings. The predicted molar refractivity (Wildman–Crippen MR) is 70.4 cm³/mol. The van der Waals surface area contributed by atoms with E-state index in [4.69, 9.17) is 4.74 Å². The van der Waals surface area contributed by atoms with Gasteiger partial charge in [0.1, 0.15) is 6.42 Å². The molecule has 0 aliphatic carbocycles. The molecule has 1 aromatic carbocycles. The van der Waals surface area contributed by atoms with E-state index in [2.05, 4.69) is 19.2 Å². The lowest BCUT2D eigenvalue weighted by molar-refractivity contribution is -0.145. The smallest absolute Gasteiger partial charge is 0.315 e. The normalized spacial score (nSPS) is 10.2. The van der Waals surface area contributed by atoms with Crippen molar-refractivity contribution < 1.29 is 14.3 Å². The minimum absolute atomic E-state index is 0.250. The van der Waals surface area contributed by atoms with E-state index in [1.807, 2.05) is 24.3 Å². The van der Waals surface area contributed by atoms with Crippen LogP contribution in [0.5, 0.6) is 0 Å². The zero-order valence-electron chi connectivity index (χ0n) is 11.0. The van der Waals surface area contributed by atoms with Gasteiger partial charge in [-0.05, 0) is 24.5 Å². The molecule has 1 amide bonds. The summed E-state index contributed by atoms with van der Waals surface area (Å²) in [5.41, 5.74) is 1.80. The van der Waals surface area contributed by atoms with Crippen molar-refractivity contribution >= 4 is 17.6 Å². The van der Waals surface area contributed by atoms with Gasteiger partial charge >= 0.3 is 5.97 Å². The number of hydrogen-bond donors (Lipinski definition) is 1. The Kier molecular flexibility index (Phi) is 5.36. The maximum Gasteiger partial charge on any atom is 0.315 e. The molecule has 1 rings (SSSR count). The average molecular weight is 249 g/mol. The molecular formula is C14H19NO3. The maximum atomic E-state index is 11.7. The van der Waals surface area contributed by atoms with Crippen LogP contribution < -0.4 is 5.32 Å². The fourth-order valence-electron chi connectivity index (χ4n) is 1.65. The molecule has 18 heavy (non-hydrogen) atoms. The van der Waals surface area contributed by atoms with Crippen LogP contribution in [0.15, 0.2) is 24.3 Å². The van der Waals surface area contributed by atoms with E-state index in [0.29, 0.717) is 5.92 Å². The first-order chi connectivity index (χ1) is 8.54. The Hall–Kier alpha value is -1.84. The summed E-state index contributed by atoms with van der Waals surface area (Å²) in [7, 11) is 0. The molecule has 0 radical (unpaired) electrons. The van der Waals surface area contributed by atoms with Gasteiger partial charge in [0, 0.05) is 5.69 Å². The molecule has 0 saturated heterocycles. The minimum atomic E-state index is -0.503. The van der Waals surface area contributed by atoms with Crippen molar-refractivity contribution in [1.82, 2.24) is 0 Å². The highest BCUT2D eigenvalue weighted by molar-refractivity contribution is 6.02. The number of carbonyl (C=O) groups is 2. The van der Waals surface area contributed by atoms with E-state index < -0.39 is 5.97 Å². The highest BCUT2D eigenvalue weighted by atomic mass is 16.5. The van der Waals surface area contributed by atoms with Gasteiger partial charge < -0.3 is 10.1 Å². The molecule has 0 heterocycles. The second-order valence-corrected chi connectivity index (χ2v) is 4.27. The zero-order chi connectivity index (χ0) is 13.5.